The molecule has 19 heavy (non-hydrogen) atoms. The van der Waals surface area contributed by atoms with Gasteiger partial charge in [-0.15, -0.1) is 6.58 Å². The van der Waals surface area contributed by atoms with Crippen LogP contribution in [0.25, 0.3) is 10.9 Å². The number of rotatable bonds is 7. The number of fused-ring (bicyclic) bond motifs is 1. The molecular formula is C15H21N3O. The molecule has 0 aliphatic heterocycles. The van der Waals surface area contributed by atoms with E-state index in [1.807, 2.05) is 18.3 Å². The molecule has 3 N–H and O–H groups in total. The van der Waals surface area contributed by atoms with Crippen molar-refractivity contribution < 1.29 is 5.11 Å². The fourth-order valence-corrected chi connectivity index (χ4v) is 2.07. The summed E-state index contributed by atoms with van der Waals surface area (Å²) in [6.07, 6.45) is 4.93. The molecule has 0 saturated carbocycles. The molecule has 0 radical (unpaired) electrons. The summed E-state index contributed by atoms with van der Waals surface area (Å²) in [7, 11) is 0. The van der Waals surface area contributed by atoms with Gasteiger partial charge in [0, 0.05) is 18.0 Å². The Kier molecular flexibility index (Phi) is 4.71. The molecule has 4 nitrogen and oxygen atoms in total. The highest BCUT2D eigenvalue weighted by Gasteiger charge is 2.09. The van der Waals surface area contributed by atoms with Crippen molar-refractivity contribution in [1.82, 2.24) is 15.5 Å². The lowest BCUT2D eigenvalue weighted by atomic mass is 10.1. The van der Waals surface area contributed by atoms with Crippen LogP contribution in [-0.2, 0) is 0 Å². The lowest BCUT2D eigenvalue weighted by Gasteiger charge is -2.17. The van der Waals surface area contributed by atoms with E-state index in [1.165, 1.54) is 5.56 Å². The monoisotopic (exact) mass is 259 g/mol. The van der Waals surface area contributed by atoms with Gasteiger partial charge in [-0.25, -0.2) is 0 Å². The van der Waals surface area contributed by atoms with E-state index in [2.05, 4.69) is 41.1 Å². The van der Waals surface area contributed by atoms with Crippen molar-refractivity contribution in [3.05, 3.63) is 42.6 Å². The zero-order chi connectivity index (χ0) is 13.7. The zero-order valence-electron chi connectivity index (χ0n) is 11.3. The van der Waals surface area contributed by atoms with E-state index in [-0.39, 0.29) is 12.1 Å². The number of H-pyrrole nitrogens is 1. The highest BCUT2D eigenvalue weighted by Crippen LogP contribution is 2.18. The number of aliphatic hydroxyl groups is 1. The zero-order valence-corrected chi connectivity index (χ0v) is 11.3. The van der Waals surface area contributed by atoms with Gasteiger partial charge in [-0.05, 0) is 37.5 Å². The summed E-state index contributed by atoms with van der Waals surface area (Å²) in [6.45, 7) is 6.35. The van der Waals surface area contributed by atoms with Crippen molar-refractivity contribution in [3.8, 4) is 0 Å². The summed E-state index contributed by atoms with van der Waals surface area (Å²) >= 11 is 0. The van der Waals surface area contributed by atoms with Crippen LogP contribution in [0, 0.1) is 0 Å². The van der Waals surface area contributed by atoms with Crippen molar-refractivity contribution in [3.63, 3.8) is 0 Å². The molecule has 0 saturated heterocycles. The van der Waals surface area contributed by atoms with E-state index in [9.17, 15) is 5.11 Å². The fourth-order valence-electron chi connectivity index (χ4n) is 2.07. The lowest BCUT2D eigenvalue weighted by Crippen LogP contribution is -2.28. The molecule has 2 unspecified atom stereocenters. The topological polar surface area (TPSA) is 60.9 Å². The van der Waals surface area contributed by atoms with E-state index in [0.717, 1.165) is 23.7 Å². The van der Waals surface area contributed by atoms with Gasteiger partial charge in [0.15, 0.2) is 0 Å². The molecular weight excluding hydrogens is 238 g/mol. The Morgan fingerprint density at radius 3 is 3.16 bits per heavy atom. The van der Waals surface area contributed by atoms with Gasteiger partial charge in [0.2, 0.25) is 0 Å². The second kappa shape index (κ2) is 6.50. The second-order valence-corrected chi connectivity index (χ2v) is 4.87. The molecule has 0 fully saturated rings. The summed E-state index contributed by atoms with van der Waals surface area (Å²) in [5.74, 6) is 0. The Hall–Kier alpha value is -1.65. The highest BCUT2D eigenvalue weighted by molar-refractivity contribution is 5.78. The molecule has 2 rings (SSSR count). The first kappa shape index (κ1) is 13.8. The molecule has 0 amide bonds. The third-order valence-corrected chi connectivity index (χ3v) is 3.33. The summed E-state index contributed by atoms with van der Waals surface area (Å²) < 4.78 is 0. The predicted molar refractivity (Wildman–Crippen MR) is 77.9 cm³/mol. The van der Waals surface area contributed by atoms with Gasteiger partial charge in [0.05, 0.1) is 17.8 Å². The summed E-state index contributed by atoms with van der Waals surface area (Å²) in [5, 5.41) is 21.2. The van der Waals surface area contributed by atoms with Gasteiger partial charge in [0.1, 0.15) is 0 Å². The molecule has 1 heterocycles. The van der Waals surface area contributed by atoms with Crippen LogP contribution in [0.4, 0.5) is 0 Å². The maximum Gasteiger partial charge on any atom is 0.0667 e. The third kappa shape index (κ3) is 3.66. The molecule has 0 bridgehead atoms. The Bertz CT molecular complexity index is 535. The van der Waals surface area contributed by atoms with Crippen molar-refractivity contribution in [2.45, 2.75) is 31.9 Å². The van der Waals surface area contributed by atoms with Gasteiger partial charge in [-0.3, -0.25) is 5.10 Å². The van der Waals surface area contributed by atoms with Crippen LogP contribution in [0.1, 0.15) is 31.4 Å². The van der Waals surface area contributed by atoms with Gasteiger partial charge in [0.25, 0.3) is 0 Å². The number of hydrogen-bond donors (Lipinski definition) is 3. The maximum absolute atomic E-state index is 9.79. The Morgan fingerprint density at radius 1 is 1.53 bits per heavy atom. The van der Waals surface area contributed by atoms with Crippen LogP contribution in [0.5, 0.6) is 0 Å². The Labute approximate surface area is 113 Å². The van der Waals surface area contributed by atoms with Gasteiger partial charge >= 0.3 is 0 Å². The third-order valence-electron chi connectivity index (χ3n) is 3.33. The van der Waals surface area contributed by atoms with E-state index in [4.69, 9.17) is 0 Å². The molecule has 1 aromatic carbocycles. The molecule has 0 spiro atoms. The molecule has 2 atom stereocenters. The van der Waals surface area contributed by atoms with E-state index in [1.54, 1.807) is 0 Å². The van der Waals surface area contributed by atoms with Crippen LogP contribution in [0.3, 0.4) is 0 Å². The van der Waals surface area contributed by atoms with Gasteiger partial charge < -0.3 is 10.4 Å². The van der Waals surface area contributed by atoms with Crippen LogP contribution >= 0.6 is 0 Å². The largest absolute Gasteiger partial charge is 0.392 e. The molecule has 102 valence electrons. The first-order valence-corrected chi connectivity index (χ1v) is 6.66. The minimum Gasteiger partial charge on any atom is -0.392 e. The van der Waals surface area contributed by atoms with E-state index >= 15 is 0 Å². The predicted octanol–water partition coefficient (Wildman–Crippen LogP) is 2.54. The van der Waals surface area contributed by atoms with Crippen molar-refractivity contribution >= 4 is 10.9 Å². The smallest absolute Gasteiger partial charge is 0.0667 e. The van der Waals surface area contributed by atoms with Crippen molar-refractivity contribution in [1.29, 1.82) is 0 Å². The summed E-state index contributed by atoms with van der Waals surface area (Å²) in [5.41, 5.74) is 2.24. The van der Waals surface area contributed by atoms with Crippen LogP contribution in [0.15, 0.2) is 37.1 Å². The summed E-state index contributed by atoms with van der Waals surface area (Å²) in [4.78, 5) is 0. The minimum atomic E-state index is -0.321. The van der Waals surface area contributed by atoms with Gasteiger partial charge in [-0.1, -0.05) is 12.1 Å². The van der Waals surface area contributed by atoms with Crippen molar-refractivity contribution in [2.24, 2.45) is 0 Å². The Morgan fingerprint density at radius 2 is 2.37 bits per heavy atom. The van der Waals surface area contributed by atoms with Crippen LogP contribution < -0.4 is 5.32 Å². The average Bonchev–Trinajstić information content (AvgIpc) is 2.89. The second-order valence-electron chi connectivity index (χ2n) is 4.87. The van der Waals surface area contributed by atoms with Crippen LogP contribution in [-0.4, -0.2) is 28.0 Å². The van der Waals surface area contributed by atoms with E-state index in [0.29, 0.717) is 6.54 Å². The quantitative estimate of drug-likeness (QED) is 0.670. The molecule has 2 aromatic rings. The minimum absolute atomic E-state index is 0.206. The first-order chi connectivity index (χ1) is 9.20. The number of nitrogens with zero attached hydrogens (tertiary/aromatic N) is 1. The first-order valence-electron chi connectivity index (χ1n) is 6.66. The normalized spacial score (nSPS) is 14.4. The SMILES string of the molecule is C=CCCC(O)CNC(C)c1ccc2[nH]ncc2c1. The number of hydrogen-bond acceptors (Lipinski definition) is 3. The maximum atomic E-state index is 9.79. The van der Waals surface area contributed by atoms with Crippen LogP contribution in [0.2, 0.25) is 0 Å². The molecule has 1 aromatic heterocycles. The highest BCUT2D eigenvalue weighted by atomic mass is 16.3. The fraction of sp³-hybridized carbons (Fsp3) is 0.400. The number of nitrogens with one attached hydrogen (secondary N) is 2. The number of aliphatic hydroxyl groups excluding tert-OH is 1. The molecule has 0 aliphatic carbocycles. The number of aromatic nitrogens is 2. The van der Waals surface area contributed by atoms with Gasteiger partial charge in [-0.2, -0.15) is 5.10 Å². The number of allylic oxidation sites excluding steroid dienone is 1. The number of aromatic amines is 1. The summed E-state index contributed by atoms with van der Waals surface area (Å²) in [6, 6.07) is 6.43. The van der Waals surface area contributed by atoms with E-state index < -0.39 is 0 Å². The molecule has 0 aliphatic rings. The lowest BCUT2D eigenvalue weighted by molar-refractivity contribution is 0.159. The molecule has 4 heteroatoms. The average molecular weight is 259 g/mol. The standard InChI is InChI=1S/C15H21N3O/c1-3-4-5-14(19)10-16-11(2)12-6-7-15-13(8-12)9-17-18-15/h3,6-9,11,14,16,19H,1,4-5,10H2,2H3,(H,17,18). The van der Waals surface area contributed by atoms with Crippen molar-refractivity contribution in [2.75, 3.05) is 6.54 Å². The Balaban J connectivity index is 1.91. The number of benzene rings is 1.